The van der Waals surface area contributed by atoms with E-state index in [0.717, 1.165) is 25.3 Å². The van der Waals surface area contributed by atoms with Gasteiger partial charge in [0.2, 0.25) is 5.91 Å². The number of carbonyl (C=O) groups is 1. The Labute approximate surface area is 145 Å². The van der Waals surface area contributed by atoms with E-state index in [2.05, 4.69) is 36.5 Å². The van der Waals surface area contributed by atoms with E-state index in [1.54, 1.807) is 0 Å². The van der Waals surface area contributed by atoms with Crippen molar-refractivity contribution in [3.05, 3.63) is 35.4 Å². The highest BCUT2D eigenvalue weighted by molar-refractivity contribution is 7.82. The summed E-state index contributed by atoms with van der Waals surface area (Å²) in [5, 5.41) is 3.01. The van der Waals surface area contributed by atoms with Crippen molar-refractivity contribution in [3.63, 3.8) is 0 Å². The molecule has 3 atom stereocenters. The van der Waals surface area contributed by atoms with E-state index >= 15 is 0 Å². The van der Waals surface area contributed by atoms with E-state index in [1.165, 1.54) is 43.2 Å². The van der Waals surface area contributed by atoms with Crippen LogP contribution in [0.3, 0.4) is 0 Å². The van der Waals surface area contributed by atoms with Gasteiger partial charge in [0, 0.05) is 17.7 Å². The highest BCUT2D eigenvalue weighted by Crippen LogP contribution is 2.53. The van der Waals surface area contributed by atoms with Gasteiger partial charge in [0.05, 0.1) is 0 Å². The average molecular weight is 332 g/mol. The van der Waals surface area contributed by atoms with Crippen LogP contribution in [0.4, 0.5) is 0 Å². The molecule has 1 saturated carbocycles. The molecule has 1 amide bonds. The molecule has 1 saturated heterocycles. The van der Waals surface area contributed by atoms with Crippen molar-refractivity contribution < 1.29 is 4.79 Å². The minimum Gasteiger partial charge on any atom is -0.356 e. The average Bonchev–Trinajstić information content (AvgIpc) is 2.53. The van der Waals surface area contributed by atoms with Crippen molar-refractivity contribution in [1.29, 1.82) is 0 Å². The van der Waals surface area contributed by atoms with E-state index in [9.17, 15) is 4.79 Å². The first kappa shape index (κ1) is 16.9. The van der Waals surface area contributed by atoms with Crippen LogP contribution in [-0.4, -0.2) is 17.2 Å². The Hall–Kier alpha value is -0.960. The lowest BCUT2D eigenvalue weighted by atomic mass is 9.59. The first-order chi connectivity index (χ1) is 11.1. The standard InChI is InChI=1S/C20H29NOS/c1-2-15-8-10-16(11-9-15)6-4-3-5-7-17-12-20(23)13-19(22)21-14-18(17)20/h8-11,17-18,23H,2-7,12-14H2,1H3,(H,21,22)/t17?,18?,20-/m1/s1. The number of nitrogens with one attached hydrogen (secondary N) is 1. The maximum absolute atomic E-state index is 11.5. The maximum atomic E-state index is 11.5. The number of hydrogen-bond donors (Lipinski definition) is 2. The lowest BCUT2D eigenvalue weighted by Gasteiger charge is -2.55. The van der Waals surface area contributed by atoms with E-state index in [4.69, 9.17) is 12.6 Å². The number of unbranched alkanes of at least 4 members (excludes halogenated alkanes) is 2. The molecule has 1 aliphatic heterocycles. The van der Waals surface area contributed by atoms with Crippen molar-refractivity contribution in [2.45, 2.75) is 63.0 Å². The lowest BCUT2D eigenvalue weighted by Crippen LogP contribution is -2.60. The molecule has 2 aliphatic rings. The molecule has 2 unspecified atom stereocenters. The van der Waals surface area contributed by atoms with Gasteiger partial charge in [-0.25, -0.2) is 0 Å². The Balaban J connectivity index is 1.32. The molecule has 0 spiro atoms. The zero-order valence-corrected chi connectivity index (χ0v) is 15.1. The van der Waals surface area contributed by atoms with Gasteiger partial charge in [0.1, 0.15) is 0 Å². The van der Waals surface area contributed by atoms with Gasteiger partial charge in [-0.1, -0.05) is 50.5 Å². The molecule has 1 heterocycles. The first-order valence-corrected chi connectivity index (χ1v) is 9.62. The lowest BCUT2D eigenvalue weighted by molar-refractivity contribution is -0.127. The van der Waals surface area contributed by atoms with Crippen molar-refractivity contribution in [2.24, 2.45) is 11.8 Å². The molecule has 3 heteroatoms. The first-order valence-electron chi connectivity index (χ1n) is 9.17. The highest BCUT2D eigenvalue weighted by Gasteiger charge is 2.53. The van der Waals surface area contributed by atoms with Gasteiger partial charge in [-0.15, -0.1) is 0 Å². The van der Waals surface area contributed by atoms with Crippen LogP contribution in [0.15, 0.2) is 24.3 Å². The van der Waals surface area contributed by atoms with Crippen LogP contribution in [-0.2, 0) is 17.6 Å². The molecule has 0 aromatic heterocycles. The molecular weight excluding hydrogens is 302 g/mol. The fourth-order valence-corrected chi connectivity index (χ4v) is 4.99. The zero-order valence-electron chi connectivity index (χ0n) is 14.2. The fourth-order valence-electron chi connectivity index (χ4n) is 4.31. The van der Waals surface area contributed by atoms with Crippen LogP contribution in [0.25, 0.3) is 0 Å². The Kier molecular flexibility index (Phi) is 5.35. The number of piperidine rings is 1. The zero-order chi connectivity index (χ0) is 16.3. The summed E-state index contributed by atoms with van der Waals surface area (Å²) in [6.45, 7) is 3.05. The summed E-state index contributed by atoms with van der Waals surface area (Å²) in [6, 6.07) is 9.08. The molecule has 3 rings (SSSR count). The summed E-state index contributed by atoms with van der Waals surface area (Å²) in [5.41, 5.74) is 2.89. The quantitative estimate of drug-likeness (QED) is 0.570. The van der Waals surface area contributed by atoms with Gasteiger partial charge in [-0.05, 0) is 48.6 Å². The largest absolute Gasteiger partial charge is 0.356 e. The van der Waals surface area contributed by atoms with Crippen LogP contribution >= 0.6 is 12.6 Å². The van der Waals surface area contributed by atoms with Crippen LogP contribution in [0.1, 0.15) is 56.6 Å². The smallest absolute Gasteiger partial charge is 0.221 e. The number of amides is 1. The van der Waals surface area contributed by atoms with Crippen molar-refractivity contribution in [2.75, 3.05) is 6.54 Å². The van der Waals surface area contributed by atoms with Gasteiger partial charge >= 0.3 is 0 Å². The van der Waals surface area contributed by atoms with Crippen molar-refractivity contribution in [3.8, 4) is 0 Å². The summed E-state index contributed by atoms with van der Waals surface area (Å²) < 4.78 is 0.00796. The molecule has 0 radical (unpaired) electrons. The van der Waals surface area contributed by atoms with Crippen LogP contribution in [0.2, 0.25) is 0 Å². The third-order valence-electron chi connectivity index (χ3n) is 5.83. The molecule has 1 aromatic carbocycles. The predicted molar refractivity (Wildman–Crippen MR) is 98.9 cm³/mol. The summed E-state index contributed by atoms with van der Waals surface area (Å²) >= 11 is 4.78. The summed E-state index contributed by atoms with van der Waals surface area (Å²) in [4.78, 5) is 11.5. The number of carbonyl (C=O) groups excluding carboxylic acids is 1. The number of rotatable bonds is 7. The normalized spacial score (nSPS) is 29.6. The summed E-state index contributed by atoms with van der Waals surface area (Å²) in [7, 11) is 0. The van der Waals surface area contributed by atoms with E-state index in [1.807, 2.05) is 0 Å². The second-order valence-electron chi connectivity index (χ2n) is 7.42. The SMILES string of the molecule is CCc1ccc(CCCCCC2C[C@@]3(S)CC(=O)NCC23)cc1. The van der Waals surface area contributed by atoms with Crippen molar-refractivity contribution in [1.82, 2.24) is 5.32 Å². The van der Waals surface area contributed by atoms with Crippen LogP contribution in [0, 0.1) is 11.8 Å². The van der Waals surface area contributed by atoms with Gasteiger partial charge in [-0.2, -0.15) is 12.6 Å². The Morgan fingerprint density at radius 3 is 2.61 bits per heavy atom. The molecule has 1 N–H and O–H groups in total. The molecule has 0 bridgehead atoms. The third kappa shape index (κ3) is 3.93. The number of fused-ring (bicyclic) bond motifs is 1. The minimum atomic E-state index is 0.00796. The van der Waals surface area contributed by atoms with Crippen molar-refractivity contribution >= 4 is 18.5 Å². The van der Waals surface area contributed by atoms with Gasteiger partial charge < -0.3 is 5.32 Å². The summed E-state index contributed by atoms with van der Waals surface area (Å²) in [6.07, 6.45) is 9.28. The fraction of sp³-hybridized carbons (Fsp3) is 0.650. The van der Waals surface area contributed by atoms with Crippen LogP contribution in [0.5, 0.6) is 0 Å². The minimum absolute atomic E-state index is 0.00796. The number of benzene rings is 1. The molecule has 2 fully saturated rings. The second kappa shape index (κ2) is 7.29. The number of aryl methyl sites for hydroxylation is 2. The summed E-state index contributed by atoms with van der Waals surface area (Å²) in [5.74, 6) is 1.56. The van der Waals surface area contributed by atoms with E-state index in [0.29, 0.717) is 12.3 Å². The Bertz CT molecular complexity index is 541. The van der Waals surface area contributed by atoms with Gasteiger partial charge in [-0.3, -0.25) is 4.79 Å². The third-order valence-corrected chi connectivity index (χ3v) is 6.50. The van der Waals surface area contributed by atoms with Crippen LogP contribution < -0.4 is 5.32 Å². The topological polar surface area (TPSA) is 29.1 Å². The maximum Gasteiger partial charge on any atom is 0.221 e. The number of hydrogen-bond acceptors (Lipinski definition) is 2. The molecule has 126 valence electrons. The molecule has 2 nitrogen and oxygen atoms in total. The predicted octanol–water partition coefficient (Wildman–Crippen LogP) is 4.18. The second-order valence-corrected chi connectivity index (χ2v) is 8.32. The molecule has 23 heavy (non-hydrogen) atoms. The molecule has 1 aromatic rings. The monoisotopic (exact) mass is 331 g/mol. The molecule has 1 aliphatic carbocycles. The van der Waals surface area contributed by atoms with E-state index in [-0.39, 0.29) is 10.7 Å². The highest BCUT2D eigenvalue weighted by atomic mass is 32.1. The molecular formula is C20H29NOS. The van der Waals surface area contributed by atoms with Gasteiger partial charge in [0.15, 0.2) is 0 Å². The van der Waals surface area contributed by atoms with E-state index < -0.39 is 0 Å². The Morgan fingerprint density at radius 2 is 1.91 bits per heavy atom. The number of thiol groups is 1. The Morgan fingerprint density at radius 1 is 1.17 bits per heavy atom. The van der Waals surface area contributed by atoms with Gasteiger partial charge in [0.25, 0.3) is 0 Å².